The average molecular weight is 1230 g/mol. The van der Waals surface area contributed by atoms with Gasteiger partial charge in [0.05, 0.1) is 5.69 Å². The first-order valence-electron chi connectivity index (χ1n) is 32.8. The molecular formula is C90H64BN3Si. The van der Waals surface area contributed by atoms with Gasteiger partial charge in [-0.1, -0.05) is 297 Å². The molecule has 2 aliphatic heterocycles. The summed E-state index contributed by atoms with van der Waals surface area (Å²) in [7, 11) is -3.52. The van der Waals surface area contributed by atoms with E-state index in [-0.39, 0.29) is 6.71 Å². The zero-order valence-corrected chi connectivity index (χ0v) is 53.4. The summed E-state index contributed by atoms with van der Waals surface area (Å²) >= 11 is 0. The first-order chi connectivity index (χ1) is 47.2. The normalized spacial score (nSPS) is 12.5. The highest BCUT2D eigenvalue weighted by atomic mass is 28.3. The zero-order chi connectivity index (χ0) is 63.1. The monoisotopic (exact) mass is 1230 g/mol. The summed E-state index contributed by atoms with van der Waals surface area (Å²) < 4.78 is 0. The molecule has 0 unspecified atom stereocenters. The van der Waals surface area contributed by atoms with E-state index >= 15 is 0 Å². The van der Waals surface area contributed by atoms with Crippen LogP contribution < -0.4 is 51.8 Å². The van der Waals surface area contributed by atoms with E-state index in [1.807, 2.05) is 0 Å². The van der Waals surface area contributed by atoms with Crippen LogP contribution in [0.4, 0.5) is 51.2 Å². The third-order valence-corrected chi connectivity index (χ3v) is 24.2. The predicted octanol–water partition coefficient (Wildman–Crippen LogP) is 19.0. The van der Waals surface area contributed by atoms with Crippen molar-refractivity contribution in [2.24, 2.45) is 0 Å². The van der Waals surface area contributed by atoms with Gasteiger partial charge in [0.2, 0.25) is 6.71 Å². The Labute approximate surface area is 558 Å². The van der Waals surface area contributed by atoms with Gasteiger partial charge in [0.15, 0.2) is 8.07 Å². The van der Waals surface area contributed by atoms with Crippen LogP contribution in [0.2, 0.25) is 0 Å². The van der Waals surface area contributed by atoms with Crippen LogP contribution in [0.5, 0.6) is 0 Å². The van der Waals surface area contributed by atoms with Gasteiger partial charge < -0.3 is 14.7 Å². The lowest BCUT2D eigenvalue weighted by Crippen LogP contribution is -2.87. The van der Waals surface area contributed by atoms with Gasteiger partial charge in [0.1, 0.15) is 0 Å². The molecule has 0 spiro atoms. The summed E-state index contributed by atoms with van der Waals surface area (Å²) in [6, 6.07) is 145. The van der Waals surface area contributed by atoms with E-state index in [4.69, 9.17) is 0 Å². The Hall–Kier alpha value is -12.0. The Morgan fingerprint density at radius 2 is 0.579 bits per heavy atom. The number of hydrogen-bond donors (Lipinski definition) is 0. The van der Waals surface area contributed by atoms with Crippen molar-refractivity contribution in [3.63, 3.8) is 0 Å². The van der Waals surface area contributed by atoms with E-state index in [0.717, 1.165) is 95.7 Å². The van der Waals surface area contributed by atoms with Crippen LogP contribution in [0, 0.1) is 0 Å². The van der Waals surface area contributed by atoms with Gasteiger partial charge in [-0.2, -0.15) is 0 Å². The van der Waals surface area contributed by atoms with Gasteiger partial charge >= 0.3 is 0 Å². The first-order valence-corrected chi connectivity index (χ1v) is 34.8. The highest BCUT2D eigenvalue weighted by molar-refractivity contribution is 7.26. The van der Waals surface area contributed by atoms with Crippen LogP contribution in [0.15, 0.2) is 388 Å². The summed E-state index contributed by atoms with van der Waals surface area (Å²) in [5.41, 5.74) is 25.2. The molecule has 3 nitrogen and oxygen atoms in total. The minimum atomic E-state index is -3.52. The quantitative estimate of drug-likeness (QED) is 0.100. The number of anilines is 9. The number of hydrogen-bond acceptors (Lipinski definition) is 3. The molecule has 5 heteroatoms. The smallest absolute Gasteiger partial charge is 0.246 e. The van der Waals surface area contributed by atoms with Crippen LogP contribution in [-0.2, 0) is 0 Å². The Balaban J connectivity index is 1.07. The summed E-state index contributed by atoms with van der Waals surface area (Å²) in [4.78, 5) is 7.57. The van der Waals surface area contributed by atoms with Crippen LogP contribution in [-0.4, -0.2) is 14.8 Å². The predicted molar refractivity (Wildman–Crippen MR) is 406 cm³/mol. The molecule has 15 aromatic carbocycles. The summed E-state index contributed by atoms with van der Waals surface area (Å²) in [5.74, 6) is 0. The number of para-hydroxylation sites is 5. The van der Waals surface area contributed by atoms with Crippen molar-refractivity contribution in [3.05, 3.63) is 388 Å². The fourth-order valence-corrected chi connectivity index (χ4v) is 20.5. The Morgan fingerprint density at radius 1 is 0.232 bits per heavy atom. The molecule has 0 fully saturated rings. The Kier molecular flexibility index (Phi) is 14.7. The van der Waals surface area contributed by atoms with E-state index in [9.17, 15) is 0 Å². The van der Waals surface area contributed by atoms with Gasteiger partial charge in [0, 0.05) is 56.6 Å². The second-order valence-corrected chi connectivity index (χ2v) is 28.4. The van der Waals surface area contributed by atoms with E-state index in [0.29, 0.717) is 0 Å². The molecule has 0 saturated carbocycles. The van der Waals surface area contributed by atoms with Crippen molar-refractivity contribution in [2.45, 2.75) is 0 Å². The van der Waals surface area contributed by atoms with Crippen molar-refractivity contribution < 1.29 is 0 Å². The van der Waals surface area contributed by atoms with E-state index in [2.05, 4.69) is 403 Å². The maximum absolute atomic E-state index is 3.52. The molecule has 0 N–H and O–H groups in total. The topological polar surface area (TPSA) is 9.72 Å². The van der Waals surface area contributed by atoms with Crippen LogP contribution in [0.25, 0.3) is 55.6 Å². The Morgan fingerprint density at radius 3 is 1.00 bits per heavy atom. The molecule has 15 aromatic rings. The Bertz CT molecular complexity index is 4990. The SMILES string of the molecule is c1ccc(-c2cc(-c3ccccc3)cc(-c3cc4c5c(c3)[Si](c3ccccc3)(c3ccccc3)c3cc(N(c6ccccc6)c6ccccc6)ccc3B5c3ccc(N(c5ccccc5)c5ccccc5)cc3N4c3c(-c4ccccc4)cccc3-c3ccccc3)c2)cc1. The van der Waals surface area contributed by atoms with Crippen LogP contribution in [0.3, 0.4) is 0 Å². The van der Waals surface area contributed by atoms with Crippen molar-refractivity contribution in [1.29, 1.82) is 0 Å². The largest absolute Gasteiger partial charge is 0.311 e. The minimum absolute atomic E-state index is 0.213. The lowest BCUT2D eigenvalue weighted by Gasteiger charge is -2.48. The minimum Gasteiger partial charge on any atom is -0.311 e. The molecule has 0 saturated heterocycles. The van der Waals surface area contributed by atoms with Gasteiger partial charge in [-0.3, -0.25) is 0 Å². The molecule has 0 atom stereocenters. The summed E-state index contributed by atoms with van der Waals surface area (Å²) in [6.45, 7) is -0.213. The van der Waals surface area contributed by atoms with Gasteiger partial charge in [-0.25, -0.2) is 0 Å². The van der Waals surface area contributed by atoms with Gasteiger partial charge in [0.25, 0.3) is 0 Å². The summed E-state index contributed by atoms with van der Waals surface area (Å²) in [5, 5.41) is 5.36. The van der Waals surface area contributed by atoms with E-state index in [1.54, 1.807) is 0 Å². The molecule has 17 rings (SSSR count). The highest BCUT2D eigenvalue weighted by Crippen LogP contribution is 2.50. The second kappa shape index (κ2) is 24.6. The fourth-order valence-electron chi connectivity index (χ4n) is 15.2. The molecule has 0 aromatic heterocycles. The van der Waals surface area contributed by atoms with Crippen molar-refractivity contribution in [2.75, 3.05) is 14.7 Å². The molecule has 0 radical (unpaired) electrons. The number of fused-ring (bicyclic) bond motifs is 4. The maximum Gasteiger partial charge on any atom is 0.246 e. The molecule has 2 heterocycles. The molecule has 446 valence electrons. The van der Waals surface area contributed by atoms with Crippen LogP contribution in [0.1, 0.15) is 0 Å². The third kappa shape index (κ3) is 10.1. The van der Waals surface area contributed by atoms with E-state index < -0.39 is 8.07 Å². The standard InChI is InChI=1S/C90H64BN3Si/c1-11-32-65(33-12-1)69-58-70(66-34-13-2-14-35-66)60-71(59-69)72-61-86-89-88(62-72)95(79-48-27-9-28-49-79,80-50-29-10-30-51-80)87-64-78(93(75-44-23-7-24-45-75)76-46-25-8-26-47-76)55-57-84(87)91(89)83-56-54-77(92(73-40-19-5-20-41-73)74-42-21-6-22-43-74)63-85(83)94(86)90-81(67-36-15-3-16-37-67)52-31-53-82(90)68-38-17-4-18-39-68/h1-64H. The number of rotatable bonds is 14. The molecule has 0 bridgehead atoms. The van der Waals surface area contributed by atoms with Gasteiger partial charge in [-0.05, 0) is 173 Å². The average Bonchev–Trinajstić information content (AvgIpc) is 0.674. The lowest BCUT2D eigenvalue weighted by molar-refractivity contribution is 1.26. The third-order valence-electron chi connectivity index (χ3n) is 19.3. The number of nitrogens with zero attached hydrogens (tertiary/aromatic N) is 3. The fraction of sp³-hybridized carbons (Fsp3) is 0. The lowest BCUT2D eigenvalue weighted by atomic mass is 9.34. The van der Waals surface area contributed by atoms with Gasteiger partial charge in [-0.15, -0.1) is 0 Å². The zero-order valence-electron chi connectivity index (χ0n) is 52.4. The molecule has 0 aliphatic carbocycles. The highest BCUT2D eigenvalue weighted by Gasteiger charge is 2.54. The summed E-state index contributed by atoms with van der Waals surface area (Å²) in [6.07, 6.45) is 0. The van der Waals surface area contributed by atoms with Crippen molar-refractivity contribution in [1.82, 2.24) is 0 Å². The first kappa shape index (κ1) is 56.9. The second-order valence-electron chi connectivity index (χ2n) is 24.7. The van der Waals surface area contributed by atoms with Crippen LogP contribution >= 0.6 is 0 Å². The number of benzene rings is 15. The van der Waals surface area contributed by atoms with E-state index in [1.165, 1.54) is 48.3 Å². The van der Waals surface area contributed by atoms with Crippen molar-refractivity contribution in [3.8, 4) is 55.6 Å². The maximum atomic E-state index is 2.71. The molecule has 0 amide bonds. The molecule has 95 heavy (non-hydrogen) atoms. The van der Waals surface area contributed by atoms with Crippen molar-refractivity contribution >= 4 is 103 Å². The molecular weight excluding hydrogens is 1160 g/mol. The molecule has 2 aliphatic rings.